The number of hydrogen-bond acceptors (Lipinski definition) is 6. The minimum Gasteiger partial charge on any atom is -0.493 e. The maximum atomic E-state index is 9.15. The number of aromatic nitrogens is 1. The molecule has 6 nitrogen and oxygen atoms in total. The molecule has 0 amide bonds. The summed E-state index contributed by atoms with van der Waals surface area (Å²) < 4.78 is 0. The van der Waals surface area contributed by atoms with Gasteiger partial charge in [-0.2, -0.15) is 0 Å². The van der Waals surface area contributed by atoms with Gasteiger partial charge in [-0.1, -0.05) is 12.6 Å². The number of hydrogen-bond donors (Lipinski definition) is 4. The highest BCUT2D eigenvalue weighted by atomic mass is 16.3. The van der Waals surface area contributed by atoms with Crippen molar-refractivity contribution in [1.29, 1.82) is 0 Å². The normalized spacial score (nSPS) is 19.4. The van der Waals surface area contributed by atoms with E-state index in [0.717, 1.165) is 11.1 Å². The van der Waals surface area contributed by atoms with Crippen LogP contribution < -0.4 is 16.4 Å². The van der Waals surface area contributed by atoms with Crippen LogP contribution in [0, 0.1) is 0 Å². The molecule has 0 fully saturated rings. The van der Waals surface area contributed by atoms with E-state index in [9.17, 15) is 0 Å². The lowest BCUT2D eigenvalue weighted by Crippen LogP contribution is -2.33. The molecular weight excluding hydrogens is 266 g/mol. The molecule has 0 aromatic carbocycles. The molecule has 0 bridgehead atoms. The highest BCUT2D eigenvalue weighted by Gasteiger charge is 2.19. The molecule has 0 aliphatic carbocycles. The largest absolute Gasteiger partial charge is 0.493 e. The number of pyridine rings is 1. The van der Waals surface area contributed by atoms with E-state index in [4.69, 9.17) is 10.8 Å². The molecule has 1 aliphatic heterocycles. The SMILES string of the molecule is C=C(N)C1=NC=CC(NC)/C1=C\NCc1ccc(O)nc1. The first-order valence-corrected chi connectivity index (χ1v) is 6.56. The molecule has 0 saturated carbocycles. The van der Waals surface area contributed by atoms with Crippen LogP contribution in [0.4, 0.5) is 0 Å². The summed E-state index contributed by atoms with van der Waals surface area (Å²) in [5.41, 5.74) is 8.77. The molecule has 0 spiro atoms. The van der Waals surface area contributed by atoms with Crippen LogP contribution in [0.3, 0.4) is 0 Å². The Labute approximate surface area is 123 Å². The van der Waals surface area contributed by atoms with Gasteiger partial charge in [0.15, 0.2) is 0 Å². The molecule has 0 saturated heterocycles. The number of rotatable bonds is 5. The summed E-state index contributed by atoms with van der Waals surface area (Å²) >= 11 is 0. The first kappa shape index (κ1) is 14.8. The standard InChI is InChI=1S/C15H19N5O/c1-10(16)15-12(13(17-2)5-6-19-15)9-18-7-11-3-4-14(21)20-8-11/h3-6,8-9,13,17-18H,1,7,16H2,2H3,(H,20,21)/b12-9+. The Morgan fingerprint density at radius 1 is 1.52 bits per heavy atom. The van der Waals surface area contributed by atoms with E-state index in [0.29, 0.717) is 18.0 Å². The fraction of sp³-hybridized carbons (Fsp3) is 0.200. The smallest absolute Gasteiger partial charge is 0.210 e. The van der Waals surface area contributed by atoms with Crippen molar-refractivity contribution in [2.45, 2.75) is 12.6 Å². The fourth-order valence-electron chi connectivity index (χ4n) is 2.01. The summed E-state index contributed by atoms with van der Waals surface area (Å²) in [6.45, 7) is 4.34. The highest BCUT2D eigenvalue weighted by Crippen LogP contribution is 2.14. The minimum absolute atomic E-state index is 0.0126. The Bertz CT molecular complexity index is 601. The predicted octanol–water partition coefficient (Wildman–Crippen LogP) is 0.789. The maximum Gasteiger partial charge on any atom is 0.210 e. The van der Waals surface area contributed by atoms with Gasteiger partial charge in [0.05, 0.1) is 17.5 Å². The molecule has 5 N–H and O–H groups in total. The van der Waals surface area contributed by atoms with Crippen molar-refractivity contribution in [3.8, 4) is 5.88 Å². The van der Waals surface area contributed by atoms with Crippen LogP contribution in [0.25, 0.3) is 0 Å². The van der Waals surface area contributed by atoms with Gasteiger partial charge in [-0.25, -0.2) is 4.98 Å². The number of likely N-dealkylation sites (N-methyl/N-ethyl adjacent to an activating group) is 1. The first-order chi connectivity index (χ1) is 10.1. The molecular formula is C15H19N5O. The lowest BCUT2D eigenvalue weighted by Gasteiger charge is -2.21. The molecule has 1 atom stereocenters. The van der Waals surface area contributed by atoms with Gasteiger partial charge in [0, 0.05) is 36.8 Å². The van der Waals surface area contributed by atoms with Crippen LogP contribution in [0.15, 0.2) is 59.6 Å². The first-order valence-electron chi connectivity index (χ1n) is 6.56. The minimum atomic E-state index is 0.0126. The molecule has 2 heterocycles. The second kappa shape index (κ2) is 6.71. The Kier molecular flexibility index (Phi) is 4.73. The summed E-state index contributed by atoms with van der Waals surface area (Å²) in [6.07, 6.45) is 7.15. The van der Waals surface area contributed by atoms with Crippen molar-refractivity contribution >= 4 is 5.71 Å². The molecule has 110 valence electrons. The Morgan fingerprint density at radius 2 is 2.33 bits per heavy atom. The van der Waals surface area contributed by atoms with Crippen molar-refractivity contribution in [2.24, 2.45) is 10.7 Å². The zero-order valence-electron chi connectivity index (χ0n) is 11.9. The van der Waals surface area contributed by atoms with Gasteiger partial charge >= 0.3 is 0 Å². The van der Waals surface area contributed by atoms with Gasteiger partial charge in [-0.05, 0) is 18.7 Å². The van der Waals surface area contributed by atoms with Crippen molar-refractivity contribution in [1.82, 2.24) is 15.6 Å². The van der Waals surface area contributed by atoms with Crippen LogP contribution in [0.5, 0.6) is 5.88 Å². The van der Waals surface area contributed by atoms with E-state index in [1.54, 1.807) is 24.5 Å². The number of aliphatic imine (C=N–C) groups is 1. The molecule has 1 unspecified atom stereocenters. The highest BCUT2D eigenvalue weighted by molar-refractivity contribution is 6.13. The van der Waals surface area contributed by atoms with Crippen LogP contribution >= 0.6 is 0 Å². The number of nitrogens with two attached hydrogens (primary N) is 1. The van der Waals surface area contributed by atoms with Crippen LogP contribution in [0.2, 0.25) is 0 Å². The van der Waals surface area contributed by atoms with Crippen molar-refractivity contribution < 1.29 is 5.11 Å². The van der Waals surface area contributed by atoms with Gasteiger partial charge in [-0.3, -0.25) is 4.99 Å². The quantitative estimate of drug-likeness (QED) is 0.641. The average molecular weight is 285 g/mol. The monoisotopic (exact) mass is 285 g/mol. The number of allylic oxidation sites excluding steroid dienone is 1. The van der Waals surface area contributed by atoms with E-state index in [-0.39, 0.29) is 11.9 Å². The van der Waals surface area contributed by atoms with E-state index in [1.165, 1.54) is 0 Å². The molecule has 0 radical (unpaired) electrons. The zero-order chi connectivity index (χ0) is 15.2. The van der Waals surface area contributed by atoms with Crippen LogP contribution in [0.1, 0.15) is 5.56 Å². The zero-order valence-corrected chi connectivity index (χ0v) is 11.9. The third-order valence-electron chi connectivity index (χ3n) is 3.08. The van der Waals surface area contributed by atoms with Crippen molar-refractivity contribution in [3.05, 3.63) is 60.2 Å². The van der Waals surface area contributed by atoms with Crippen LogP contribution in [-0.4, -0.2) is 28.9 Å². The summed E-state index contributed by atoms with van der Waals surface area (Å²) in [4.78, 5) is 8.10. The summed E-state index contributed by atoms with van der Waals surface area (Å²) in [5.74, 6) is 0.0126. The summed E-state index contributed by atoms with van der Waals surface area (Å²) in [7, 11) is 1.87. The maximum absolute atomic E-state index is 9.15. The predicted molar refractivity (Wildman–Crippen MR) is 83.6 cm³/mol. The van der Waals surface area contributed by atoms with Gasteiger partial charge in [0.1, 0.15) is 0 Å². The lowest BCUT2D eigenvalue weighted by atomic mass is 9.99. The van der Waals surface area contributed by atoms with Crippen LogP contribution in [-0.2, 0) is 6.54 Å². The van der Waals surface area contributed by atoms with Gasteiger partial charge in [0.25, 0.3) is 0 Å². The Balaban J connectivity index is 2.09. The van der Waals surface area contributed by atoms with E-state index in [1.807, 2.05) is 19.3 Å². The molecule has 1 aromatic rings. The van der Waals surface area contributed by atoms with E-state index in [2.05, 4.69) is 27.2 Å². The molecule has 6 heteroatoms. The van der Waals surface area contributed by atoms with Crippen molar-refractivity contribution in [3.63, 3.8) is 0 Å². The Morgan fingerprint density at radius 3 is 2.95 bits per heavy atom. The number of nitrogens with one attached hydrogen (secondary N) is 2. The van der Waals surface area contributed by atoms with E-state index < -0.39 is 0 Å². The number of aromatic hydroxyl groups is 1. The van der Waals surface area contributed by atoms with Crippen molar-refractivity contribution in [2.75, 3.05) is 7.05 Å². The molecule has 1 aliphatic rings. The summed E-state index contributed by atoms with van der Waals surface area (Å²) in [5, 5.41) is 15.5. The second-order valence-corrected chi connectivity index (χ2v) is 4.62. The van der Waals surface area contributed by atoms with Gasteiger partial charge in [-0.15, -0.1) is 0 Å². The average Bonchev–Trinajstić information content (AvgIpc) is 2.49. The molecule has 2 rings (SSSR count). The molecule has 21 heavy (non-hydrogen) atoms. The fourth-order valence-corrected chi connectivity index (χ4v) is 2.01. The lowest BCUT2D eigenvalue weighted by molar-refractivity contribution is 0.453. The van der Waals surface area contributed by atoms with Gasteiger partial charge < -0.3 is 21.5 Å². The summed E-state index contributed by atoms with van der Waals surface area (Å²) in [6, 6.07) is 3.39. The molecule has 1 aromatic heterocycles. The second-order valence-electron chi connectivity index (χ2n) is 4.62. The third kappa shape index (κ3) is 3.70. The van der Waals surface area contributed by atoms with Gasteiger partial charge in [0.2, 0.25) is 5.88 Å². The Hall–Kier alpha value is -2.60. The topological polar surface area (TPSA) is 95.6 Å². The van der Waals surface area contributed by atoms with E-state index >= 15 is 0 Å². The number of nitrogens with zero attached hydrogens (tertiary/aromatic N) is 2. The third-order valence-corrected chi connectivity index (χ3v) is 3.08.